The number of hydrogen-bond donors (Lipinski definition) is 4. The van der Waals surface area contributed by atoms with Crippen LogP contribution in [0, 0.1) is 11.8 Å². The lowest BCUT2D eigenvalue weighted by Crippen LogP contribution is -2.33. The molecule has 2 aromatic rings. The Labute approximate surface area is 159 Å². The number of pyridine rings is 2. The van der Waals surface area contributed by atoms with Crippen LogP contribution in [0.3, 0.4) is 0 Å². The number of carbonyl (C=O) groups is 4. The molecule has 0 saturated heterocycles. The van der Waals surface area contributed by atoms with Gasteiger partial charge < -0.3 is 20.4 Å². The first-order chi connectivity index (χ1) is 13.2. The SMILES string of the molecule is O=C(O)C[C@H](C(=O)O)[C@@H](CC(=O)O)C(=O)O.c1cc(-c2ccncc2)ccn1. The molecule has 10 heteroatoms. The van der Waals surface area contributed by atoms with Crippen LogP contribution >= 0.6 is 0 Å². The first-order valence-corrected chi connectivity index (χ1v) is 7.92. The summed E-state index contributed by atoms with van der Waals surface area (Å²) in [5.41, 5.74) is 2.35. The van der Waals surface area contributed by atoms with E-state index < -0.39 is 48.6 Å². The van der Waals surface area contributed by atoms with Gasteiger partial charge in [-0.2, -0.15) is 0 Å². The molecule has 2 heterocycles. The van der Waals surface area contributed by atoms with Crippen molar-refractivity contribution in [1.29, 1.82) is 0 Å². The fourth-order valence-electron chi connectivity index (χ4n) is 2.27. The zero-order valence-corrected chi connectivity index (χ0v) is 14.5. The molecule has 4 N–H and O–H groups in total. The van der Waals surface area contributed by atoms with Gasteiger partial charge in [-0.05, 0) is 35.4 Å². The molecule has 0 saturated carbocycles. The lowest BCUT2D eigenvalue weighted by molar-refractivity contribution is -0.160. The minimum Gasteiger partial charge on any atom is -0.481 e. The summed E-state index contributed by atoms with van der Waals surface area (Å²) in [7, 11) is 0. The van der Waals surface area contributed by atoms with Crippen LogP contribution in [-0.2, 0) is 19.2 Å². The van der Waals surface area contributed by atoms with E-state index in [1.807, 2.05) is 24.3 Å². The molecular weight excluding hydrogens is 372 g/mol. The van der Waals surface area contributed by atoms with Crippen LogP contribution in [0.15, 0.2) is 49.1 Å². The van der Waals surface area contributed by atoms with E-state index in [1.54, 1.807) is 24.8 Å². The minimum atomic E-state index is -1.76. The Morgan fingerprint density at radius 2 is 0.929 bits per heavy atom. The predicted molar refractivity (Wildman–Crippen MR) is 94.2 cm³/mol. The van der Waals surface area contributed by atoms with Crippen LogP contribution in [0.1, 0.15) is 12.8 Å². The molecule has 0 unspecified atom stereocenters. The molecule has 0 aliphatic rings. The second kappa shape index (κ2) is 11.0. The summed E-state index contributed by atoms with van der Waals surface area (Å²) in [6.45, 7) is 0. The van der Waals surface area contributed by atoms with Crippen LogP contribution < -0.4 is 0 Å². The van der Waals surface area contributed by atoms with Gasteiger partial charge in [0.1, 0.15) is 0 Å². The highest BCUT2D eigenvalue weighted by Crippen LogP contribution is 2.21. The van der Waals surface area contributed by atoms with Crippen LogP contribution in [0.25, 0.3) is 11.1 Å². The summed E-state index contributed by atoms with van der Waals surface area (Å²) >= 11 is 0. The van der Waals surface area contributed by atoms with Gasteiger partial charge in [0.2, 0.25) is 0 Å². The Kier molecular flexibility index (Phi) is 8.74. The molecule has 0 aliphatic heterocycles. The summed E-state index contributed by atoms with van der Waals surface area (Å²) in [5, 5.41) is 34.1. The van der Waals surface area contributed by atoms with Crippen molar-refractivity contribution in [2.75, 3.05) is 0 Å². The normalized spacial score (nSPS) is 12.0. The first-order valence-electron chi connectivity index (χ1n) is 7.92. The quantitative estimate of drug-likeness (QED) is 0.516. The maximum Gasteiger partial charge on any atom is 0.307 e. The standard InChI is InChI=1S/C10H8N2.C8H10O8/c1-5-11-6-2-9(1)10-3-7-12-8-4-10;9-5(10)1-3(7(13)14)4(8(15)16)2-6(11)12/h1-8H;3-4H,1-2H2,(H,9,10)(H,11,12)(H,13,14)(H,15,16)/t;3-,4+. The van der Waals surface area contributed by atoms with Crippen molar-refractivity contribution in [3.63, 3.8) is 0 Å². The van der Waals surface area contributed by atoms with Crippen molar-refractivity contribution in [2.24, 2.45) is 11.8 Å². The number of hydrogen-bond acceptors (Lipinski definition) is 6. The Bertz CT molecular complexity index is 741. The lowest BCUT2D eigenvalue weighted by atomic mass is 9.87. The van der Waals surface area contributed by atoms with Crippen LogP contribution in [0.2, 0.25) is 0 Å². The molecule has 28 heavy (non-hydrogen) atoms. The summed E-state index contributed by atoms with van der Waals surface area (Å²) in [4.78, 5) is 49.8. The van der Waals surface area contributed by atoms with Gasteiger partial charge in [0.25, 0.3) is 0 Å². The summed E-state index contributed by atoms with van der Waals surface area (Å²) < 4.78 is 0. The molecule has 0 amide bonds. The van der Waals surface area contributed by atoms with Gasteiger partial charge in [-0.3, -0.25) is 29.1 Å². The van der Waals surface area contributed by atoms with Crippen LogP contribution in [0.5, 0.6) is 0 Å². The van der Waals surface area contributed by atoms with E-state index in [9.17, 15) is 19.2 Å². The van der Waals surface area contributed by atoms with E-state index in [2.05, 4.69) is 9.97 Å². The van der Waals surface area contributed by atoms with Crippen LogP contribution in [-0.4, -0.2) is 54.3 Å². The number of aromatic nitrogens is 2. The van der Waals surface area contributed by atoms with Gasteiger partial charge in [-0.1, -0.05) is 0 Å². The number of carboxylic acids is 4. The highest BCUT2D eigenvalue weighted by Gasteiger charge is 2.36. The fraction of sp³-hybridized carbons (Fsp3) is 0.222. The van der Waals surface area contributed by atoms with Gasteiger partial charge >= 0.3 is 23.9 Å². The second-order valence-corrected chi connectivity index (χ2v) is 5.56. The lowest BCUT2D eigenvalue weighted by Gasteiger charge is -2.16. The van der Waals surface area contributed by atoms with Crippen molar-refractivity contribution in [3.8, 4) is 11.1 Å². The third kappa shape index (κ3) is 7.60. The third-order valence-corrected chi connectivity index (χ3v) is 3.60. The largest absolute Gasteiger partial charge is 0.481 e. The highest BCUT2D eigenvalue weighted by atomic mass is 16.4. The maximum atomic E-state index is 10.6. The Balaban J connectivity index is 0.000000289. The average Bonchev–Trinajstić information content (AvgIpc) is 2.66. The van der Waals surface area contributed by atoms with Gasteiger partial charge in [-0.15, -0.1) is 0 Å². The van der Waals surface area contributed by atoms with Crippen LogP contribution in [0.4, 0.5) is 0 Å². The molecule has 0 bridgehead atoms. The first kappa shape index (κ1) is 22.2. The summed E-state index contributed by atoms with van der Waals surface area (Å²) in [6.07, 6.45) is 5.29. The number of carboxylic acid groups (broad SMARTS) is 4. The average molecular weight is 390 g/mol. The van der Waals surface area contributed by atoms with Gasteiger partial charge in [0.15, 0.2) is 0 Å². The molecule has 2 aromatic heterocycles. The van der Waals surface area contributed by atoms with Gasteiger partial charge in [-0.25, -0.2) is 0 Å². The van der Waals surface area contributed by atoms with Crippen molar-refractivity contribution in [3.05, 3.63) is 49.1 Å². The van der Waals surface area contributed by atoms with Crippen molar-refractivity contribution >= 4 is 23.9 Å². The molecule has 148 valence electrons. The van der Waals surface area contributed by atoms with Gasteiger partial charge in [0, 0.05) is 24.8 Å². The molecule has 10 nitrogen and oxygen atoms in total. The zero-order chi connectivity index (χ0) is 21.1. The Morgan fingerprint density at radius 3 is 1.14 bits per heavy atom. The molecule has 0 radical (unpaired) electrons. The van der Waals surface area contributed by atoms with E-state index in [0.717, 1.165) is 0 Å². The molecule has 0 aliphatic carbocycles. The molecular formula is C18H18N2O8. The number of aliphatic carboxylic acids is 4. The van der Waals surface area contributed by atoms with E-state index >= 15 is 0 Å². The van der Waals surface area contributed by atoms with Gasteiger partial charge in [0.05, 0.1) is 24.7 Å². The minimum absolute atomic E-state index is 0.931. The van der Waals surface area contributed by atoms with E-state index in [-0.39, 0.29) is 0 Å². The summed E-state index contributed by atoms with van der Waals surface area (Å²) in [5.74, 6) is -9.79. The number of rotatable bonds is 8. The smallest absolute Gasteiger partial charge is 0.307 e. The fourth-order valence-corrected chi connectivity index (χ4v) is 2.27. The maximum absolute atomic E-state index is 10.6. The highest BCUT2D eigenvalue weighted by molar-refractivity contribution is 5.86. The Hall–Kier alpha value is -3.82. The molecule has 0 spiro atoms. The molecule has 2 rings (SSSR count). The molecule has 0 fully saturated rings. The van der Waals surface area contributed by atoms with E-state index in [0.29, 0.717) is 0 Å². The monoisotopic (exact) mass is 390 g/mol. The predicted octanol–water partition coefficient (Wildman–Crippen LogP) is 1.48. The molecule has 2 atom stereocenters. The number of nitrogens with zero attached hydrogens (tertiary/aromatic N) is 2. The topological polar surface area (TPSA) is 175 Å². The van der Waals surface area contributed by atoms with Crippen molar-refractivity contribution in [2.45, 2.75) is 12.8 Å². The summed E-state index contributed by atoms with van der Waals surface area (Å²) in [6, 6.07) is 7.93. The zero-order valence-electron chi connectivity index (χ0n) is 14.5. The van der Waals surface area contributed by atoms with E-state index in [1.165, 1.54) is 11.1 Å². The molecule has 0 aromatic carbocycles. The third-order valence-electron chi connectivity index (χ3n) is 3.60. The van der Waals surface area contributed by atoms with Crippen molar-refractivity contribution in [1.82, 2.24) is 9.97 Å². The Morgan fingerprint density at radius 1 is 0.643 bits per heavy atom. The van der Waals surface area contributed by atoms with Crippen molar-refractivity contribution < 1.29 is 39.6 Å². The second-order valence-electron chi connectivity index (χ2n) is 5.56. The van der Waals surface area contributed by atoms with E-state index in [4.69, 9.17) is 20.4 Å².